The second kappa shape index (κ2) is 8.40. The van der Waals surface area contributed by atoms with Crippen LogP contribution in [0, 0.1) is 0 Å². The zero-order valence-electron chi connectivity index (χ0n) is 13.8. The van der Waals surface area contributed by atoms with E-state index in [0.717, 1.165) is 10.6 Å². The van der Waals surface area contributed by atoms with E-state index in [-0.39, 0.29) is 17.1 Å². The van der Waals surface area contributed by atoms with Gasteiger partial charge in [0.05, 0.1) is 12.4 Å². The van der Waals surface area contributed by atoms with E-state index in [4.69, 9.17) is 4.74 Å². The van der Waals surface area contributed by atoms with Gasteiger partial charge in [0.15, 0.2) is 0 Å². The summed E-state index contributed by atoms with van der Waals surface area (Å²) in [6, 6.07) is 14.6. The third-order valence-electron chi connectivity index (χ3n) is 3.19. The van der Waals surface area contributed by atoms with E-state index >= 15 is 0 Å². The van der Waals surface area contributed by atoms with Crippen LogP contribution in [0.2, 0.25) is 0 Å². The summed E-state index contributed by atoms with van der Waals surface area (Å²) in [6.07, 6.45) is 0. The van der Waals surface area contributed by atoms with E-state index in [0.29, 0.717) is 11.4 Å². The number of anilines is 2. The maximum Gasteiger partial charge on any atom is 0.237 e. The fourth-order valence-electron chi connectivity index (χ4n) is 2.03. The first-order valence-electron chi connectivity index (χ1n) is 7.47. The number of nitrogens with one attached hydrogen (secondary N) is 2. The molecule has 24 heavy (non-hydrogen) atoms. The maximum atomic E-state index is 12.3. The Morgan fingerprint density at radius 1 is 1.04 bits per heavy atom. The van der Waals surface area contributed by atoms with Gasteiger partial charge in [-0.3, -0.25) is 9.59 Å². The van der Waals surface area contributed by atoms with Crippen LogP contribution in [0.4, 0.5) is 11.4 Å². The molecule has 2 rings (SSSR count). The first-order chi connectivity index (χ1) is 11.5. The highest BCUT2D eigenvalue weighted by Gasteiger charge is 2.15. The fraction of sp³-hybridized carbons (Fsp3) is 0.222. The Kier molecular flexibility index (Phi) is 6.26. The van der Waals surface area contributed by atoms with Crippen molar-refractivity contribution in [3.05, 3.63) is 48.5 Å². The molecule has 2 N–H and O–H groups in total. The van der Waals surface area contributed by atoms with Gasteiger partial charge in [-0.2, -0.15) is 0 Å². The normalized spacial score (nSPS) is 11.5. The lowest BCUT2D eigenvalue weighted by molar-refractivity contribution is -0.115. The van der Waals surface area contributed by atoms with E-state index in [2.05, 4.69) is 10.6 Å². The molecule has 6 heteroatoms. The van der Waals surface area contributed by atoms with Gasteiger partial charge in [0.25, 0.3) is 0 Å². The quantitative estimate of drug-likeness (QED) is 0.783. The highest BCUT2D eigenvalue weighted by molar-refractivity contribution is 8.00. The molecule has 1 atom stereocenters. The van der Waals surface area contributed by atoms with Gasteiger partial charge < -0.3 is 15.4 Å². The summed E-state index contributed by atoms with van der Waals surface area (Å²) in [5.41, 5.74) is 1.30. The Morgan fingerprint density at radius 2 is 1.67 bits per heavy atom. The third-order valence-corrected chi connectivity index (χ3v) is 4.30. The van der Waals surface area contributed by atoms with E-state index in [1.165, 1.54) is 18.7 Å². The molecule has 0 unspecified atom stereocenters. The Hall–Kier alpha value is -2.47. The number of rotatable bonds is 6. The average Bonchev–Trinajstić information content (AvgIpc) is 2.55. The highest BCUT2D eigenvalue weighted by atomic mass is 32.2. The van der Waals surface area contributed by atoms with Gasteiger partial charge in [-0.05, 0) is 49.4 Å². The fourth-order valence-corrected chi connectivity index (χ4v) is 2.90. The highest BCUT2D eigenvalue weighted by Crippen LogP contribution is 2.26. The summed E-state index contributed by atoms with van der Waals surface area (Å²) in [6.45, 7) is 3.29. The average molecular weight is 344 g/mol. The van der Waals surface area contributed by atoms with Crippen LogP contribution in [0.25, 0.3) is 0 Å². The second-order valence-corrected chi connectivity index (χ2v) is 6.60. The first kappa shape index (κ1) is 17.9. The summed E-state index contributed by atoms with van der Waals surface area (Å²) in [4.78, 5) is 24.4. The molecule has 5 nitrogen and oxygen atoms in total. The minimum atomic E-state index is -0.261. The van der Waals surface area contributed by atoms with Crippen molar-refractivity contribution in [2.24, 2.45) is 0 Å². The molecular formula is C18H20N2O3S. The van der Waals surface area contributed by atoms with Crippen molar-refractivity contribution in [3.63, 3.8) is 0 Å². The lowest BCUT2D eigenvalue weighted by atomic mass is 10.2. The Balaban J connectivity index is 1.96. The van der Waals surface area contributed by atoms with Gasteiger partial charge in [0, 0.05) is 23.2 Å². The van der Waals surface area contributed by atoms with Crippen molar-refractivity contribution in [3.8, 4) is 5.75 Å². The van der Waals surface area contributed by atoms with Crippen molar-refractivity contribution < 1.29 is 14.3 Å². The van der Waals surface area contributed by atoms with Crippen molar-refractivity contribution in [1.82, 2.24) is 0 Å². The molecule has 0 aliphatic carbocycles. The predicted octanol–water partition coefficient (Wildman–Crippen LogP) is 3.77. The van der Waals surface area contributed by atoms with Gasteiger partial charge in [0.2, 0.25) is 11.8 Å². The number of carbonyl (C=O) groups excluding carboxylic acids is 2. The van der Waals surface area contributed by atoms with Crippen molar-refractivity contribution in [2.45, 2.75) is 24.0 Å². The molecular weight excluding hydrogens is 324 g/mol. The van der Waals surface area contributed by atoms with Gasteiger partial charge in [-0.25, -0.2) is 0 Å². The largest absolute Gasteiger partial charge is 0.497 e. The molecule has 0 heterocycles. The number of carbonyl (C=O) groups is 2. The Labute approximate surface area is 145 Å². The first-order valence-corrected chi connectivity index (χ1v) is 8.35. The van der Waals surface area contributed by atoms with Crippen LogP contribution in [0.15, 0.2) is 53.4 Å². The number of thioether (sulfide) groups is 1. The molecule has 2 aromatic carbocycles. The van der Waals surface area contributed by atoms with Crippen molar-refractivity contribution in [2.75, 3.05) is 17.7 Å². The standard InChI is InChI=1S/C18H20N2O3S/c1-12(24-17-9-7-16(23-3)8-10-17)18(22)20-15-6-4-5-14(11-15)19-13(2)21/h4-12H,1-3H3,(H,19,21)(H,20,22)/t12-/m0/s1. The summed E-state index contributed by atoms with van der Waals surface area (Å²) in [5.74, 6) is 0.531. The Morgan fingerprint density at radius 3 is 2.25 bits per heavy atom. The van der Waals surface area contributed by atoms with Crippen LogP contribution >= 0.6 is 11.8 Å². The van der Waals surface area contributed by atoms with Gasteiger partial charge >= 0.3 is 0 Å². The van der Waals surface area contributed by atoms with Crippen LogP contribution in [-0.2, 0) is 9.59 Å². The number of hydrogen-bond acceptors (Lipinski definition) is 4. The van der Waals surface area contributed by atoms with Crippen molar-refractivity contribution in [1.29, 1.82) is 0 Å². The molecule has 0 bridgehead atoms. The van der Waals surface area contributed by atoms with Gasteiger partial charge in [-0.1, -0.05) is 6.07 Å². The Bertz CT molecular complexity index is 716. The zero-order chi connectivity index (χ0) is 17.5. The number of hydrogen-bond donors (Lipinski definition) is 2. The molecule has 0 aliphatic rings. The van der Waals surface area contributed by atoms with Crippen LogP contribution < -0.4 is 15.4 Å². The number of methoxy groups -OCH3 is 1. The van der Waals surface area contributed by atoms with E-state index in [1.54, 1.807) is 31.4 Å². The molecule has 0 fully saturated rings. The molecule has 0 saturated heterocycles. The number of amides is 2. The minimum Gasteiger partial charge on any atom is -0.497 e. The summed E-state index contributed by atoms with van der Waals surface area (Å²) in [7, 11) is 1.62. The molecule has 0 saturated carbocycles. The zero-order valence-corrected chi connectivity index (χ0v) is 14.6. The van der Waals surface area contributed by atoms with Crippen LogP contribution in [0.5, 0.6) is 5.75 Å². The summed E-state index contributed by atoms with van der Waals surface area (Å²) in [5, 5.41) is 5.29. The molecule has 2 amide bonds. The topological polar surface area (TPSA) is 67.4 Å². The number of ether oxygens (including phenoxy) is 1. The minimum absolute atomic E-state index is 0.101. The SMILES string of the molecule is COc1ccc(S[C@@H](C)C(=O)Nc2cccc(NC(C)=O)c2)cc1. The van der Waals surface area contributed by atoms with Crippen molar-refractivity contribution >= 4 is 35.0 Å². The lowest BCUT2D eigenvalue weighted by Gasteiger charge is -2.13. The van der Waals surface area contributed by atoms with E-state index < -0.39 is 0 Å². The summed E-state index contributed by atoms with van der Waals surface area (Å²) >= 11 is 1.47. The van der Waals surface area contributed by atoms with Crippen LogP contribution in [-0.4, -0.2) is 24.2 Å². The molecule has 2 aromatic rings. The van der Waals surface area contributed by atoms with E-state index in [9.17, 15) is 9.59 Å². The molecule has 0 aromatic heterocycles. The lowest BCUT2D eigenvalue weighted by Crippen LogP contribution is -2.22. The van der Waals surface area contributed by atoms with Crippen LogP contribution in [0.3, 0.4) is 0 Å². The molecule has 0 spiro atoms. The summed E-state index contributed by atoms with van der Waals surface area (Å²) < 4.78 is 5.12. The maximum absolute atomic E-state index is 12.3. The van der Waals surface area contributed by atoms with E-state index in [1.807, 2.05) is 31.2 Å². The molecule has 0 radical (unpaired) electrons. The smallest absolute Gasteiger partial charge is 0.237 e. The monoisotopic (exact) mass is 344 g/mol. The molecule has 126 valence electrons. The van der Waals surface area contributed by atoms with Gasteiger partial charge in [-0.15, -0.1) is 11.8 Å². The third kappa shape index (κ3) is 5.31. The molecule has 0 aliphatic heterocycles. The van der Waals surface area contributed by atoms with Gasteiger partial charge in [0.1, 0.15) is 5.75 Å². The second-order valence-electron chi connectivity index (χ2n) is 5.19. The number of benzene rings is 2. The predicted molar refractivity (Wildman–Crippen MR) is 97.7 cm³/mol. The van der Waals surface area contributed by atoms with Crippen LogP contribution in [0.1, 0.15) is 13.8 Å².